The summed E-state index contributed by atoms with van der Waals surface area (Å²) >= 11 is 11.8. The topological polar surface area (TPSA) is 58.8 Å². The highest BCUT2D eigenvalue weighted by Crippen LogP contribution is 2.30. The maximum absolute atomic E-state index is 8.44. The van der Waals surface area contributed by atoms with Crippen LogP contribution in [0.5, 0.6) is 5.88 Å². The number of nitrogens with zero attached hydrogens (tertiary/aromatic N) is 3. The fourth-order valence-electron chi connectivity index (χ4n) is 1.28. The fourth-order valence-corrected chi connectivity index (χ4v) is 1.83. The predicted octanol–water partition coefficient (Wildman–Crippen LogP) is 2.84. The van der Waals surface area contributed by atoms with Gasteiger partial charge in [-0.05, 0) is 12.1 Å². The van der Waals surface area contributed by atoms with E-state index in [4.69, 9.17) is 33.2 Å². The molecule has 0 radical (unpaired) electrons. The molecule has 1 heterocycles. The molecule has 0 N–H and O–H groups in total. The van der Waals surface area contributed by atoms with E-state index < -0.39 is 0 Å². The first-order valence-corrected chi connectivity index (χ1v) is 5.07. The molecule has 0 saturated heterocycles. The quantitative estimate of drug-likeness (QED) is 0.826. The lowest BCUT2D eigenvalue weighted by atomic mass is 10.2. The summed E-state index contributed by atoms with van der Waals surface area (Å²) in [7, 11) is 0. The Bertz CT molecular complexity index is 580. The molecule has 0 aliphatic heterocycles. The van der Waals surface area contributed by atoms with Crippen molar-refractivity contribution in [3.05, 3.63) is 28.5 Å². The van der Waals surface area contributed by atoms with Crippen LogP contribution in [-0.4, -0.2) is 16.6 Å². The van der Waals surface area contributed by atoms with Gasteiger partial charge < -0.3 is 4.74 Å². The van der Waals surface area contributed by atoms with E-state index in [0.717, 1.165) is 0 Å². The summed E-state index contributed by atoms with van der Waals surface area (Å²) < 4.78 is 5.15. The van der Waals surface area contributed by atoms with Gasteiger partial charge in [-0.15, -0.1) is 0 Å². The van der Waals surface area contributed by atoms with Gasteiger partial charge in [0.25, 0.3) is 0 Å². The van der Waals surface area contributed by atoms with Gasteiger partial charge in [-0.3, -0.25) is 0 Å². The number of hydrogen-bond acceptors (Lipinski definition) is 4. The molecule has 2 rings (SSSR count). The lowest BCUT2D eigenvalue weighted by Gasteiger charge is -2.05. The number of rotatable bonds is 2. The standard InChI is InChI=1S/C10H5Cl2N3O/c11-6-3-7-9(8(12)4-6)14-5-15-10(7)16-2-1-13/h3-5H,2H2. The van der Waals surface area contributed by atoms with Crippen LogP contribution < -0.4 is 4.74 Å². The van der Waals surface area contributed by atoms with E-state index in [-0.39, 0.29) is 6.61 Å². The van der Waals surface area contributed by atoms with Crippen molar-refractivity contribution >= 4 is 34.1 Å². The van der Waals surface area contributed by atoms with E-state index in [1.54, 1.807) is 12.1 Å². The normalized spacial score (nSPS) is 10.1. The smallest absolute Gasteiger partial charge is 0.225 e. The number of benzene rings is 1. The zero-order valence-electron chi connectivity index (χ0n) is 7.94. The van der Waals surface area contributed by atoms with E-state index in [9.17, 15) is 0 Å². The summed E-state index contributed by atoms with van der Waals surface area (Å²) in [5.41, 5.74) is 0.550. The minimum absolute atomic E-state index is 0.0871. The second-order valence-corrected chi connectivity index (χ2v) is 3.75. The number of nitriles is 1. The molecule has 4 nitrogen and oxygen atoms in total. The SMILES string of the molecule is N#CCOc1ncnc2c(Cl)cc(Cl)cc12. The van der Waals surface area contributed by atoms with Crippen LogP contribution in [0.4, 0.5) is 0 Å². The van der Waals surface area contributed by atoms with Crippen LogP contribution in [0.3, 0.4) is 0 Å². The van der Waals surface area contributed by atoms with Crippen molar-refractivity contribution in [2.45, 2.75) is 0 Å². The molecule has 2 aromatic rings. The summed E-state index contributed by atoms with van der Waals surface area (Å²) in [5, 5.41) is 9.92. The first kappa shape index (κ1) is 10.9. The van der Waals surface area contributed by atoms with Crippen LogP contribution in [0.15, 0.2) is 18.5 Å². The van der Waals surface area contributed by atoms with Crippen LogP contribution in [0.25, 0.3) is 10.9 Å². The molecule has 0 atom stereocenters. The molecule has 0 bridgehead atoms. The first-order chi connectivity index (χ1) is 7.72. The molecule has 0 aliphatic rings. The molecule has 0 unspecified atom stereocenters. The molecule has 6 heteroatoms. The second kappa shape index (κ2) is 4.52. The van der Waals surface area contributed by atoms with Gasteiger partial charge in [0.1, 0.15) is 12.4 Å². The van der Waals surface area contributed by atoms with Gasteiger partial charge in [-0.25, -0.2) is 9.97 Å². The van der Waals surface area contributed by atoms with Crippen molar-refractivity contribution in [1.82, 2.24) is 9.97 Å². The van der Waals surface area contributed by atoms with Crippen LogP contribution in [0.1, 0.15) is 0 Å². The monoisotopic (exact) mass is 253 g/mol. The van der Waals surface area contributed by atoms with Gasteiger partial charge >= 0.3 is 0 Å². The third-order valence-corrected chi connectivity index (χ3v) is 2.40. The molecule has 0 spiro atoms. The minimum Gasteiger partial charge on any atom is -0.462 e. The Morgan fingerprint density at radius 3 is 2.88 bits per heavy atom. The predicted molar refractivity (Wildman–Crippen MR) is 60.7 cm³/mol. The molecule has 1 aromatic heterocycles. The Labute approximate surface area is 101 Å². The van der Waals surface area contributed by atoms with Crippen molar-refractivity contribution in [3.63, 3.8) is 0 Å². The van der Waals surface area contributed by atoms with Gasteiger partial charge in [0, 0.05) is 5.02 Å². The lowest BCUT2D eigenvalue weighted by Crippen LogP contribution is -1.97. The summed E-state index contributed by atoms with van der Waals surface area (Å²) in [4.78, 5) is 7.95. The summed E-state index contributed by atoms with van der Waals surface area (Å²) in [6.07, 6.45) is 1.33. The molecule has 80 valence electrons. The third-order valence-electron chi connectivity index (χ3n) is 1.89. The largest absolute Gasteiger partial charge is 0.462 e. The van der Waals surface area contributed by atoms with Gasteiger partial charge in [-0.1, -0.05) is 23.2 Å². The molecular formula is C10H5Cl2N3O. The fraction of sp³-hybridized carbons (Fsp3) is 0.100. The van der Waals surface area contributed by atoms with Gasteiger partial charge in [0.15, 0.2) is 6.61 Å². The second-order valence-electron chi connectivity index (χ2n) is 2.91. The summed E-state index contributed by atoms with van der Waals surface area (Å²) in [6.45, 7) is -0.0871. The number of fused-ring (bicyclic) bond motifs is 1. The number of aromatic nitrogens is 2. The number of hydrogen-bond donors (Lipinski definition) is 0. The molecule has 1 aromatic carbocycles. The van der Waals surface area contributed by atoms with E-state index in [1.807, 2.05) is 6.07 Å². The summed E-state index contributed by atoms with van der Waals surface area (Å²) in [6, 6.07) is 5.10. The Kier molecular flexibility index (Phi) is 3.09. The van der Waals surface area contributed by atoms with Gasteiger partial charge in [-0.2, -0.15) is 5.26 Å². The zero-order chi connectivity index (χ0) is 11.5. The third kappa shape index (κ3) is 2.01. The molecule has 0 saturated carbocycles. The molecule has 0 aliphatic carbocycles. The van der Waals surface area contributed by atoms with E-state index in [0.29, 0.717) is 26.8 Å². The Hall–Kier alpha value is -1.57. The molecule has 0 amide bonds. The van der Waals surface area contributed by atoms with E-state index >= 15 is 0 Å². The van der Waals surface area contributed by atoms with Crippen LogP contribution >= 0.6 is 23.2 Å². The van der Waals surface area contributed by atoms with Gasteiger partial charge in [0.05, 0.1) is 15.9 Å². The molecule has 0 fully saturated rings. The minimum atomic E-state index is -0.0871. The Morgan fingerprint density at radius 2 is 2.12 bits per heavy atom. The molecular weight excluding hydrogens is 249 g/mol. The van der Waals surface area contributed by atoms with Crippen molar-refractivity contribution in [2.75, 3.05) is 6.61 Å². The maximum Gasteiger partial charge on any atom is 0.225 e. The molecule has 16 heavy (non-hydrogen) atoms. The highest BCUT2D eigenvalue weighted by molar-refractivity contribution is 6.38. The van der Waals surface area contributed by atoms with Crippen LogP contribution in [-0.2, 0) is 0 Å². The Balaban J connectivity index is 2.63. The van der Waals surface area contributed by atoms with Gasteiger partial charge in [0.2, 0.25) is 5.88 Å². The number of halogens is 2. The van der Waals surface area contributed by atoms with E-state index in [2.05, 4.69) is 9.97 Å². The lowest BCUT2D eigenvalue weighted by molar-refractivity contribution is 0.357. The average Bonchev–Trinajstić information content (AvgIpc) is 2.26. The maximum atomic E-state index is 8.44. The highest BCUT2D eigenvalue weighted by atomic mass is 35.5. The van der Waals surface area contributed by atoms with Crippen LogP contribution in [0, 0.1) is 11.3 Å². The van der Waals surface area contributed by atoms with Crippen molar-refractivity contribution in [2.24, 2.45) is 0 Å². The first-order valence-electron chi connectivity index (χ1n) is 4.32. The van der Waals surface area contributed by atoms with Crippen LogP contribution in [0.2, 0.25) is 10.0 Å². The van der Waals surface area contributed by atoms with Crippen molar-refractivity contribution < 1.29 is 4.74 Å². The van der Waals surface area contributed by atoms with Crippen molar-refractivity contribution in [3.8, 4) is 11.9 Å². The summed E-state index contributed by atoms with van der Waals surface area (Å²) in [5.74, 6) is 0.302. The van der Waals surface area contributed by atoms with Crippen molar-refractivity contribution in [1.29, 1.82) is 5.26 Å². The highest BCUT2D eigenvalue weighted by Gasteiger charge is 2.09. The number of ether oxygens (including phenoxy) is 1. The Morgan fingerprint density at radius 1 is 1.31 bits per heavy atom. The van der Waals surface area contributed by atoms with E-state index in [1.165, 1.54) is 6.33 Å². The zero-order valence-corrected chi connectivity index (χ0v) is 9.46. The average molecular weight is 254 g/mol.